The zero-order chi connectivity index (χ0) is 12.3. The van der Waals surface area contributed by atoms with Crippen LogP contribution in [0.15, 0.2) is 18.3 Å². The van der Waals surface area contributed by atoms with Gasteiger partial charge in [0.2, 0.25) is 0 Å². The summed E-state index contributed by atoms with van der Waals surface area (Å²) in [4.78, 5) is 14.5. The second-order valence-corrected chi connectivity index (χ2v) is 5.83. The second kappa shape index (κ2) is 5.14. The summed E-state index contributed by atoms with van der Waals surface area (Å²) in [5.74, 6) is 0.841. The monoisotopic (exact) mass is 254 g/mol. The smallest absolute Gasteiger partial charge is 0.267 e. The largest absolute Gasteiger partial charge is 0.387 e. The van der Waals surface area contributed by atoms with Crippen molar-refractivity contribution in [1.29, 1.82) is 0 Å². The fourth-order valence-corrected chi connectivity index (χ4v) is 3.24. The molecule has 4 nitrogen and oxygen atoms in total. The number of H-pyrrole nitrogens is 1. The van der Waals surface area contributed by atoms with Gasteiger partial charge in [-0.1, -0.05) is 6.92 Å². The number of thioether (sulfide) groups is 1. The molecule has 0 bridgehead atoms. The fraction of sp³-hybridized carbons (Fsp3) is 0.583. The minimum atomic E-state index is -0.719. The molecule has 2 atom stereocenters. The lowest BCUT2D eigenvalue weighted by atomic mass is 9.79. The zero-order valence-corrected chi connectivity index (χ0v) is 10.7. The molecular weight excluding hydrogens is 236 g/mol. The molecule has 1 aromatic heterocycles. The Bertz CT molecular complexity index is 380. The van der Waals surface area contributed by atoms with E-state index in [4.69, 9.17) is 0 Å². The first kappa shape index (κ1) is 12.5. The van der Waals surface area contributed by atoms with Crippen LogP contribution >= 0.6 is 11.8 Å². The third-order valence-corrected chi connectivity index (χ3v) is 4.61. The first-order valence-corrected chi connectivity index (χ1v) is 6.96. The number of aromatic nitrogens is 1. The van der Waals surface area contributed by atoms with E-state index >= 15 is 0 Å². The van der Waals surface area contributed by atoms with E-state index in [1.54, 1.807) is 30.1 Å². The van der Waals surface area contributed by atoms with Crippen LogP contribution in [0.2, 0.25) is 0 Å². The van der Waals surface area contributed by atoms with Crippen molar-refractivity contribution < 1.29 is 9.90 Å². The number of hydrogen-bond acceptors (Lipinski definition) is 3. The van der Waals surface area contributed by atoms with E-state index < -0.39 is 5.60 Å². The Morgan fingerprint density at radius 3 is 3.12 bits per heavy atom. The molecule has 3 N–H and O–H groups in total. The van der Waals surface area contributed by atoms with Crippen molar-refractivity contribution in [3.63, 3.8) is 0 Å². The molecule has 1 aromatic rings. The summed E-state index contributed by atoms with van der Waals surface area (Å²) in [6.45, 7) is 2.42. The molecule has 1 heterocycles. The summed E-state index contributed by atoms with van der Waals surface area (Å²) in [6.07, 6.45) is 3.52. The topological polar surface area (TPSA) is 65.1 Å². The summed E-state index contributed by atoms with van der Waals surface area (Å²) in [7, 11) is 0. The molecule has 0 saturated heterocycles. The van der Waals surface area contributed by atoms with Crippen molar-refractivity contribution >= 4 is 17.7 Å². The summed E-state index contributed by atoms with van der Waals surface area (Å²) < 4.78 is 0. The van der Waals surface area contributed by atoms with Crippen LogP contribution in [0.1, 0.15) is 30.3 Å². The molecule has 0 aromatic carbocycles. The Morgan fingerprint density at radius 1 is 1.76 bits per heavy atom. The van der Waals surface area contributed by atoms with Crippen molar-refractivity contribution in [2.24, 2.45) is 0 Å². The van der Waals surface area contributed by atoms with Crippen molar-refractivity contribution in [2.45, 2.75) is 30.6 Å². The Labute approximate surface area is 105 Å². The molecule has 1 amide bonds. The van der Waals surface area contributed by atoms with E-state index in [2.05, 4.69) is 17.2 Å². The molecule has 5 heteroatoms. The SMILES string of the molecule is CCS[C@@H]1CC[C@]1(O)CNC(=O)c1ccc[nH]1. The van der Waals surface area contributed by atoms with E-state index in [1.807, 2.05) is 0 Å². The minimum absolute atomic E-state index is 0.157. The van der Waals surface area contributed by atoms with Gasteiger partial charge in [0, 0.05) is 18.0 Å². The van der Waals surface area contributed by atoms with Crippen LogP contribution in [0, 0.1) is 0 Å². The van der Waals surface area contributed by atoms with Crippen LogP contribution in [-0.4, -0.2) is 39.1 Å². The van der Waals surface area contributed by atoms with Gasteiger partial charge in [0.25, 0.3) is 5.91 Å². The number of aromatic amines is 1. The quantitative estimate of drug-likeness (QED) is 0.744. The van der Waals surface area contributed by atoms with Gasteiger partial charge in [0.1, 0.15) is 5.69 Å². The molecule has 2 rings (SSSR count). The standard InChI is InChI=1S/C12H18N2O2S/c1-2-17-10-5-6-12(10,16)8-14-11(15)9-4-3-7-13-9/h3-4,7,10,13,16H,2,5-6,8H2,1H3,(H,14,15)/t10-,12+/m1/s1. The third kappa shape index (κ3) is 2.66. The van der Waals surface area contributed by atoms with Crippen molar-refractivity contribution in [1.82, 2.24) is 10.3 Å². The van der Waals surface area contributed by atoms with Crippen molar-refractivity contribution in [2.75, 3.05) is 12.3 Å². The van der Waals surface area contributed by atoms with Gasteiger partial charge >= 0.3 is 0 Å². The molecule has 1 aliphatic carbocycles. The van der Waals surface area contributed by atoms with Gasteiger partial charge in [-0.25, -0.2) is 0 Å². The number of hydrogen-bond donors (Lipinski definition) is 3. The van der Waals surface area contributed by atoms with Crippen LogP contribution in [0.3, 0.4) is 0 Å². The molecular formula is C12H18N2O2S. The summed E-state index contributed by atoms with van der Waals surface area (Å²) in [5.41, 5.74) is -0.184. The van der Waals surface area contributed by atoms with Gasteiger partial charge in [-0.15, -0.1) is 0 Å². The molecule has 94 valence electrons. The number of aliphatic hydroxyl groups is 1. The van der Waals surface area contributed by atoms with E-state index in [9.17, 15) is 9.90 Å². The first-order chi connectivity index (χ1) is 8.15. The van der Waals surface area contributed by atoms with Gasteiger partial charge in [-0.05, 0) is 30.7 Å². The van der Waals surface area contributed by atoms with Crippen LogP contribution in [0.5, 0.6) is 0 Å². The minimum Gasteiger partial charge on any atom is -0.387 e. The predicted molar refractivity (Wildman–Crippen MR) is 69.2 cm³/mol. The van der Waals surface area contributed by atoms with Gasteiger partial charge in [0.15, 0.2) is 0 Å². The predicted octanol–water partition coefficient (Wildman–Crippen LogP) is 1.39. The molecule has 0 unspecified atom stereocenters. The molecule has 1 fully saturated rings. The summed E-state index contributed by atoms with van der Waals surface area (Å²) in [6, 6.07) is 3.50. The highest BCUT2D eigenvalue weighted by Gasteiger charge is 2.45. The van der Waals surface area contributed by atoms with E-state index in [-0.39, 0.29) is 11.2 Å². The maximum atomic E-state index is 11.7. The number of carbonyl (C=O) groups excluding carboxylic acids is 1. The lowest BCUT2D eigenvalue weighted by molar-refractivity contribution is -0.0222. The van der Waals surface area contributed by atoms with E-state index in [1.165, 1.54) is 0 Å². The van der Waals surface area contributed by atoms with E-state index in [0.717, 1.165) is 18.6 Å². The van der Waals surface area contributed by atoms with Gasteiger partial charge < -0.3 is 15.4 Å². The lowest BCUT2D eigenvalue weighted by Crippen LogP contribution is -2.57. The van der Waals surface area contributed by atoms with Crippen molar-refractivity contribution in [3.05, 3.63) is 24.0 Å². The highest BCUT2D eigenvalue weighted by atomic mass is 32.2. The van der Waals surface area contributed by atoms with Crippen molar-refractivity contribution in [3.8, 4) is 0 Å². The highest BCUT2D eigenvalue weighted by Crippen LogP contribution is 2.40. The average Bonchev–Trinajstić information content (AvgIpc) is 2.85. The summed E-state index contributed by atoms with van der Waals surface area (Å²) in [5, 5.41) is 13.3. The van der Waals surface area contributed by atoms with E-state index in [0.29, 0.717) is 12.2 Å². The second-order valence-electron chi connectivity index (χ2n) is 4.35. The molecule has 1 saturated carbocycles. The molecule has 0 spiro atoms. The number of rotatable bonds is 5. The molecule has 0 aliphatic heterocycles. The fourth-order valence-electron chi connectivity index (χ4n) is 2.04. The Balaban J connectivity index is 1.84. The number of carbonyl (C=O) groups is 1. The highest BCUT2D eigenvalue weighted by molar-refractivity contribution is 8.00. The molecule has 17 heavy (non-hydrogen) atoms. The maximum Gasteiger partial charge on any atom is 0.267 e. The van der Waals surface area contributed by atoms with Gasteiger partial charge in [-0.3, -0.25) is 4.79 Å². The number of nitrogens with one attached hydrogen (secondary N) is 2. The first-order valence-electron chi connectivity index (χ1n) is 5.91. The van der Waals surface area contributed by atoms with Crippen LogP contribution in [0.4, 0.5) is 0 Å². The Hall–Kier alpha value is -0.940. The van der Waals surface area contributed by atoms with Crippen LogP contribution in [0.25, 0.3) is 0 Å². The maximum absolute atomic E-state index is 11.7. The zero-order valence-electron chi connectivity index (χ0n) is 9.90. The summed E-state index contributed by atoms with van der Waals surface area (Å²) >= 11 is 1.77. The van der Waals surface area contributed by atoms with Crippen LogP contribution < -0.4 is 5.32 Å². The lowest BCUT2D eigenvalue weighted by Gasteiger charge is -2.45. The molecule has 1 aliphatic rings. The average molecular weight is 254 g/mol. The molecule has 0 radical (unpaired) electrons. The Morgan fingerprint density at radius 2 is 2.59 bits per heavy atom. The number of amides is 1. The normalized spacial score (nSPS) is 27.5. The third-order valence-electron chi connectivity index (χ3n) is 3.20. The Kier molecular flexibility index (Phi) is 3.79. The van der Waals surface area contributed by atoms with Crippen LogP contribution in [-0.2, 0) is 0 Å². The van der Waals surface area contributed by atoms with Gasteiger partial charge in [-0.2, -0.15) is 11.8 Å². The van der Waals surface area contributed by atoms with Gasteiger partial charge in [0.05, 0.1) is 5.60 Å².